The summed E-state index contributed by atoms with van der Waals surface area (Å²) in [6, 6.07) is 9.63. The van der Waals surface area contributed by atoms with Crippen molar-refractivity contribution in [3.05, 3.63) is 57.6 Å². The first-order valence-electron chi connectivity index (χ1n) is 16.2. The second-order valence-electron chi connectivity index (χ2n) is 18.5. The van der Waals surface area contributed by atoms with Gasteiger partial charge in [-0.15, -0.1) is 0 Å². The molecule has 0 saturated carbocycles. The third-order valence-electron chi connectivity index (χ3n) is 9.17. The van der Waals surface area contributed by atoms with Crippen LogP contribution in [-0.2, 0) is 36.5 Å². The first-order valence-corrected chi connectivity index (χ1v) is 16.2. The zero-order valence-corrected chi connectivity index (χ0v) is 30.3. The van der Waals surface area contributed by atoms with Crippen molar-refractivity contribution in [2.24, 2.45) is 0 Å². The van der Waals surface area contributed by atoms with Crippen LogP contribution >= 0.6 is 0 Å². The van der Waals surface area contributed by atoms with Crippen molar-refractivity contribution in [2.75, 3.05) is 26.4 Å². The normalized spacial score (nSPS) is 22.9. The monoisotopic (exact) mass is 592 g/mol. The van der Waals surface area contributed by atoms with Crippen LogP contribution in [0.5, 0.6) is 11.5 Å². The molecule has 43 heavy (non-hydrogen) atoms. The number of hydrogen-bond donors (Lipinski definition) is 0. The molecule has 2 atom stereocenters. The van der Waals surface area contributed by atoms with Crippen LogP contribution in [-0.4, -0.2) is 37.6 Å². The summed E-state index contributed by atoms with van der Waals surface area (Å²) in [5.41, 5.74) is 6.57. The molecule has 0 bridgehead atoms. The third-order valence-corrected chi connectivity index (χ3v) is 9.17. The van der Waals surface area contributed by atoms with Gasteiger partial charge in [0.25, 0.3) is 0 Å². The molecular weight excluding hydrogens is 532 g/mol. The van der Waals surface area contributed by atoms with Crippen LogP contribution in [0.4, 0.5) is 0 Å². The minimum absolute atomic E-state index is 0.0986. The van der Waals surface area contributed by atoms with E-state index >= 15 is 0 Å². The van der Waals surface area contributed by atoms with Crippen molar-refractivity contribution >= 4 is 0 Å². The van der Waals surface area contributed by atoms with Crippen LogP contribution in [0.15, 0.2) is 24.3 Å². The standard InChI is InChI=1S/C39H60O4/c1-33(2,3)27-17-25(18-28(34(4,5)6)31(27)40-21-38(15)23-42-38)37(13,14)26-19-29(35(7,8)9)32(30(20-26)36(10,11)12)41-22-39(16)24-43-39/h17-20H,21-24H2,1-16H3. The molecule has 4 rings (SSSR count). The number of epoxide rings is 2. The Morgan fingerprint density at radius 3 is 0.930 bits per heavy atom. The summed E-state index contributed by atoms with van der Waals surface area (Å²) in [4.78, 5) is 0. The highest BCUT2D eigenvalue weighted by Crippen LogP contribution is 2.48. The van der Waals surface area contributed by atoms with Gasteiger partial charge in [0, 0.05) is 27.7 Å². The predicted molar refractivity (Wildman–Crippen MR) is 180 cm³/mol. The third kappa shape index (κ3) is 7.44. The summed E-state index contributed by atoms with van der Waals surface area (Å²) >= 11 is 0. The summed E-state index contributed by atoms with van der Waals surface area (Å²) in [6.45, 7) is 39.1. The molecule has 0 aliphatic carbocycles. The van der Waals surface area contributed by atoms with Gasteiger partial charge in [-0.25, -0.2) is 0 Å². The SMILES string of the molecule is CC1(COc2c(C(C)(C)C)cc(C(C)(C)c3cc(C(C)(C)C)c(OCC4(C)CO4)c(C(C)(C)C)c3)cc2C(C)(C)C)CO1. The Labute approximate surface area is 263 Å². The molecule has 0 radical (unpaired) electrons. The average Bonchev–Trinajstić information content (AvgIpc) is 3.76. The number of hydrogen-bond acceptors (Lipinski definition) is 4. The van der Waals surface area contributed by atoms with E-state index < -0.39 is 0 Å². The second-order valence-corrected chi connectivity index (χ2v) is 18.5. The van der Waals surface area contributed by atoms with Crippen LogP contribution < -0.4 is 9.47 Å². The molecular formula is C39H60O4. The minimum Gasteiger partial charge on any atom is -0.490 e. The van der Waals surface area contributed by atoms with Crippen LogP contribution in [0.1, 0.15) is 144 Å². The van der Waals surface area contributed by atoms with Gasteiger partial charge < -0.3 is 18.9 Å². The van der Waals surface area contributed by atoms with Gasteiger partial charge in [0.2, 0.25) is 0 Å². The van der Waals surface area contributed by atoms with Gasteiger partial charge in [0.05, 0.1) is 13.2 Å². The highest BCUT2D eigenvalue weighted by Gasteiger charge is 2.43. The molecule has 2 aliphatic heterocycles. The van der Waals surface area contributed by atoms with E-state index in [1.54, 1.807) is 0 Å². The molecule has 2 aromatic rings. The largest absolute Gasteiger partial charge is 0.490 e. The Hall–Kier alpha value is -2.04. The Bertz CT molecular complexity index is 1170. The molecule has 2 heterocycles. The van der Waals surface area contributed by atoms with E-state index in [1.165, 1.54) is 33.4 Å². The molecule has 2 saturated heterocycles. The smallest absolute Gasteiger partial charge is 0.126 e. The zero-order chi connectivity index (χ0) is 32.6. The van der Waals surface area contributed by atoms with Gasteiger partial charge in [0.15, 0.2) is 0 Å². The quantitative estimate of drug-likeness (QED) is 0.286. The zero-order valence-electron chi connectivity index (χ0n) is 30.3. The fourth-order valence-corrected chi connectivity index (χ4v) is 5.55. The topological polar surface area (TPSA) is 43.5 Å². The molecule has 0 aromatic heterocycles. The van der Waals surface area contributed by atoms with Crippen molar-refractivity contribution in [2.45, 2.75) is 149 Å². The second kappa shape index (κ2) is 10.5. The van der Waals surface area contributed by atoms with Crippen molar-refractivity contribution in [3.63, 3.8) is 0 Å². The average molecular weight is 593 g/mol. The lowest BCUT2D eigenvalue weighted by atomic mass is 9.69. The minimum atomic E-state index is -0.270. The number of benzene rings is 2. The first kappa shape index (κ1) is 33.8. The van der Waals surface area contributed by atoms with E-state index in [-0.39, 0.29) is 38.3 Å². The molecule has 0 spiro atoms. The molecule has 2 aromatic carbocycles. The van der Waals surface area contributed by atoms with Crippen LogP contribution in [0, 0.1) is 0 Å². The summed E-state index contributed by atoms with van der Waals surface area (Å²) < 4.78 is 24.7. The van der Waals surface area contributed by atoms with Crippen LogP contribution in [0.2, 0.25) is 0 Å². The van der Waals surface area contributed by atoms with Crippen molar-refractivity contribution < 1.29 is 18.9 Å². The van der Waals surface area contributed by atoms with Gasteiger partial charge in [-0.05, 0) is 46.6 Å². The maximum absolute atomic E-state index is 6.67. The first-order chi connectivity index (χ1) is 19.3. The Morgan fingerprint density at radius 2 is 0.744 bits per heavy atom. The van der Waals surface area contributed by atoms with Gasteiger partial charge in [0.1, 0.15) is 35.9 Å². The lowest BCUT2D eigenvalue weighted by Crippen LogP contribution is -2.28. The predicted octanol–water partition coefficient (Wildman–Crippen LogP) is 9.54. The molecule has 4 heteroatoms. The Morgan fingerprint density at radius 1 is 0.512 bits per heavy atom. The molecule has 2 fully saturated rings. The number of ether oxygens (including phenoxy) is 4. The van der Waals surface area contributed by atoms with Gasteiger partial charge in [-0.1, -0.05) is 121 Å². The van der Waals surface area contributed by atoms with E-state index in [4.69, 9.17) is 18.9 Å². The number of rotatable bonds is 8. The summed E-state index contributed by atoms with van der Waals surface area (Å²) in [6.07, 6.45) is 0. The molecule has 2 unspecified atom stereocenters. The van der Waals surface area contributed by atoms with Crippen molar-refractivity contribution in [1.82, 2.24) is 0 Å². The Kier molecular flexibility index (Phi) is 8.27. The summed E-state index contributed by atoms with van der Waals surface area (Å²) in [5.74, 6) is 2.03. The van der Waals surface area contributed by atoms with Crippen molar-refractivity contribution in [3.8, 4) is 11.5 Å². The lowest BCUT2D eigenvalue weighted by Gasteiger charge is -2.37. The van der Waals surface area contributed by atoms with Gasteiger partial charge >= 0.3 is 0 Å². The Balaban J connectivity index is 1.93. The maximum Gasteiger partial charge on any atom is 0.126 e. The molecule has 240 valence electrons. The summed E-state index contributed by atoms with van der Waals surface area (Å²) in [7, 11) is 0. The lowest BCUT2D eigenvalue weighted by molar-refractivity contribution is 0.196. The van der Waals surface area contributed by atoms with E-state index in [2.05, 4.69) is 135 Å². The fourth-order valence-electron chi connectivity index (χ4n) is 5.55. The summed E-state index contributed by atoms with van der Waals surface area (Å²) in [5, 5.41) is 0. The maximum atomic E-state index is 6.67. The van der Waals surface area contributed by atoms with E-state index in [0.717, 1.165) is 24.7 Å². The molecule has 0 amide bonds. The van der Waals surface area contributed by atoms with Crippen LogP contribution in [0.3, 0.4) is 0 Å². The highest BCUT2D eigenvalue weighted by atomic mass is 16.6. The van der Waals surface area contributed by atoms with E-state index in [9.17, 15) is 0 Å². The molecule has 0 N–H and O–H groups in total. The molecule has 4 nitrogen and oxygen atoms in total. The van der Waals surface area contributed by atoms with Crippen molar-refractivity contribution in [1.29, 1.82) is 0 Å². The van der Waals surface area contributed by atoms with E-state index in [0.29, 0.717) is 13.2 Å². The van der Waals surface area contributed by atoms with E-state index in [1.807, 2.05) is 0 Å². The van der Waals surface area contributed by atoms with Gasteiger partial charge in [-0.3, -0.25) is 0 Å². The fraction of sp³-hybridized carbons (Fsp3) is 0.692. The van der Waals surface area contributed by atoms with Crippen LogP contribution in [0.25, 0.3) is 0 Å². The molecule has 2 aliphatic rings. The van der Waals surface area contributed by atoms with Gasteiger partial charge in [-0.2, -0.15) is 0 Å². The highest BCUT2D eigenvalue weighted by molar-refractivity contribution is 5.57.